The standard InChI is InChI=1S/C24H32O6S/c1-5-6-7-8-9-20(31)30-23-17(12-10-15(2)11-13-19(25)26)22(28-4)16(3)18-14-29-24(27)21(18)23/h10H,5-9,11-14H2,1-4H3,(H,25,26). The number of hydrogen-bond donors (Lipinski definition) is 1. The van der Waals surface area contributed by atoms with Crippen LogP contribution in [0.1, 0.15) is 85.8 Å². The molecule has 0 atom stereocenters. The van der Waals surface area contributed by atoms with E-state index in [0.717, 1.165) is 47.9 Å². The molecule has 7 heteroatoms. The van der Waals surface area contributed by atoms with Crippen LogP contribution in [0.25, 0.3) is 0 Å². The third-order valence-corrected chi connectivity index (χ3v) is 5.75. The Morgan fingerprint density at radius 2 is 1.94 bits per heavy atom. The minimum Gasteiger partial charge on any atom is -0.496 e. The summed E-state index contributed by atoms with van der Waals surface area (Å²) in [6.45, 7) is 6.13. The van der Waals surface area contributed by atoms with Crippen molar-refractivity contribution >= 4 is 29.2 Å². The summed E-state index contributed by atoms with van der Waals surface area (Å²) >= 11 is 5.48. The summed E-state index contributed by atoms with van der Waals surface area (Å²) in [5, 5.41) is 9.36. The Bertz CT molecular complexity index is 872. The number of rotatable bonds is 12. The largest absolute Gasteiger partial charge is 0.496 e. The van der Waals surface area contributed by atoms with Crippen molar-refractivity contribution in [3.8, 4) is 11.5 Å². The molecule has 0 bridgehead atoms. The maximum atomic E-state index is 12.5. The number of benzene rings is 1. The number of allylic oxidation sites excluding steroid dienone is 2. The number of carboxylic acid groups (broad SMARTS) is 1. The second kappa shape index (κ2) is 11.8. The van der Waals surface area contributed by atoms with Gasteiger partial charge in [0.15, 0.2) is 5.05 Å². The van der Waals surface area contributed by atoms with Crippen molar-refractivity contribution in [2.75, 3.05) is 7.11 Å². The zero-order chi connectivity index (χ0) is 23.0. The Hall–Kier alpha value is -2.41. The van der Waals surface area contributed by atoms with Gasteiger partial charge < -0.3 is 19.3 Å². The number of hydrogen-bond acceptors (Lipinski definition) is 6. The van der Waals surface area contributed by atoms with Crippen LogP contribution >= 0.6 is 12.2 Å². The van der Waals surface area contributed by atoms with Crippen LogP contribution < -0.4 is 9.47 Å². The fourth-order valence-electron chi connectivity index (χ4n) is 3.67. The molecular formula is C24H32O6S. The lowest BCUT2D eigenvalue weighted by Gasteiger charge is -2.19. The molecular weight excluding hydrogens is 416 g/mol. The van der Waals surface area contributed by atoms with E-state index in [4.69, 9.17) is 31.5 Å². The number of unbranched alkanes of at least 4 members (excludes halogenated alkanes) is 3. The normalized spacial score (nSPS) is 13.0. The van der Waals surface area contributed by atoms with Gasteiger partial charge in [0.25, 0.3) is 0 Å². The molecule has 1 aliphatic heterocycles. The van der Waals surface area contributed by atoms with E-state index in [1.165, 1.54) is 0 Å². The van der Waals surface area contributed by atoms with Gasteiger partial charge in [-0.3, -0.25) is 4.79 Å². The molecule has 0 aromatic heterocycles. The number of esters is 1. The number of fused-ring (bicyclic) bond motifs is 1. The summed E-state index contributed by atoms with van der Waals surface area (Å²) in [5.74, 6) is -0.206. The first-order valence-corrected chi connectivity index (χ1v) is 11.2. The molecule has 1 N–H and O–H groups in total. The molecule has 0 spiro atoms. The number of carboxylic acids is 1. The van der Waals surface area contributed by atoms with Crippen molar-refractivity contribution < 1.29 is 28.9 Å². The summed E-state index contributed by atoms with van der Waals surface area (Å²) in [6.07, 6.45) is 7.85. The second-order valence-electron chi connectivity index (χ2n) is 7.83. The van der Waals surface area contributed by atoms with E-state index in [1.807, 2.05) is 19.9 Å². The highest BCUT2D eigenvalue weighted by atomic mass is 32.1. The fraction of sp³-hybridized carbons (Fsp3) is 0.542. The molecule has 0 saturated heterocycles. The molecule has 1 aromatic carbocycles. The Kier molecular flexibility index (Phi) is 9.49. The highest BCUT2D eigenvalue weighted by Gasteiger charge is 2.33. The third kappa shape index (κ3) is 6.53. The van der Waals surface area contributed by atoms with E-state index in [2.05, 4.69) is 6.92 Å². The summed E-state index contributed by atoms with van der Waals surface area (Å²) in [5.41, 5.74) is 3.69. The van der Waals surface area contributed by atoms with Crippen LogP contribution in [0, 0.1) is 6.92 Å². The molecule has 1 aromatic rings. The molecule has 0 aliphatic carbocycles. The topological polar surface area (TPSA) is 82.1 Å². The number of aliphatic carboxylic acids is 1. The summed E-state index contributed by atoms with van der Waals surface area (Å²) in [7, 11) is 1.59. The lowest BCUT2D eigenvalue weighted by molar-refractivity contribution is -0.136. The number of carbonyl (C=O) groups excluding carboxylic acids is 1. The van der Waals surface area contributed by atoms with Crippen LogP contribution in [0.2, 0.25) is 0 Å². The highest BCUT2D eigenvalue weighted by Crippen LogP contribution is 2.43. The van der Waals surface area contributed by atoms with Crippen molar-refractivity contribution in [2.45, 2.75) is 78.7 Å². The minimum absolute atomic E-state index is 0.0697. The highest BCUT2D eigenvalue weighted by molar-refractivity contribution is 7.80. The van der Waals surface area contributed by atoms with Crippen LogP contribution in [0.4, 0.5) is 0 Å². The number of thiocarbonyl (C=S) groups is 1. The predicted molar refractivity (Wildman–Crippen MR) is 123 cm³/mol. The molecule has 170 valence electrons. The van der Waals surface area contributed by atoms with Gasteiger partial charge in [0.1, 0.15) is 23.7 Å². The smallest absolute Gasteiger partial charge is 0.342 e. The van der Waals surface area contributed by atoms with E-state index in [9.17, 15) is 9.59 Å². The number of carbonyl (C=O) groups is 2. The number of ether oxygens (including phenoxy) is 3. The number of methoxy groups -OCH3 is 1. The molecule has 0 amide bonds. The van der Waals surface area contributed by atoms with E-state index >= 15 is 0 Å². The van der Waals surface area contributed by atoms with Crippen LogP contribution in [0.5, 0.6) is 11.5 Å². The first kappa shape index (κ1) is 24.9. The minimum atomic E-state index is -0.834. The van der Waals surface area contributed by atoms with Crippen LogP contribution in [-0.2, 0) is 22.6 Å². The Labute approximate surface area is 189 Å². The van der Waals surface area contributed by atoms with E-state index in [1.54, 1.807) is 7.11 Å². The van der Waals surface area contributed by atoms with Crippen LogP contribution in [-0.4, -0.2) is 29.2 Å². The quantitative estimate of drug-likeness (QED) is 0.190. The molecule has 0 fully saturated rings. The second-order valence-corrected chi connectivity index (χ2v) is 8.28. The molecule has 0 radical (unpaired) electrons. The van der Waals surface area contributed by atoms with Gasteiger partial charge in [0.05, 0.1) is 7.11 Å². The Morgan fingerprint density at radius 3 is 2.58 bits per heavy atom. The molecule has 6 nitrogen and oxygen atoms in total. The molecule has 31 heavy (non-hydrogen) atoms. The zero-order valence-electron chi connectivity index (χ0n) is 18.8. The van der Waals surface area contributed by atoms with Gasteiger partial charge in [-0.15, -0.1) is 0 Å². The average molecular weight is 449 g/mol. The maximum Gasteiger partial charge on any atom is 0.342 e. The third-order valence-electron chi connectivity index (χ3n) is 5.46. The molecule has 2 rings (SSSR count). The molecule has 1 aliphatic rings. The zero-order valence-corrected chi connectivity index (χ0v) is 19.7. The first-order chi connectivity index (χ1) is 14.8. The average Bonchev–Trinajstić information content (AvgIpc) is 3.12. The maximum absolute atomic E-state index is 12.5. The lowest BCUT2D eigenvalue weighted by Crippen LogP contribution is -2.13. The van der Waals surface area contributed by atoms with Crippen molar-refractivity contribution in [1.29, 1.82) is 0 Å². The van der Waals surface area contributed by atoms with Gasteiger partial charge in [-0.1, -0.05) is 37.8 Å². The SMILES string of the molecule is CCCCCCC(=S)Oc1c(CC=C(C)CCC(=O)O)c(OC)c(C)c2c1C(=O)OC2. The van der Waals surface area contributed by atoms with Crippen molar-refractivity contribution in [2.24, 2.45) is 0 Å². The Balaban J connectivity index is 2.39. The summed E-state index contributed by atoms with van der Waals surface area (Å²) in [6, 6.07) is 0. The number of cyclic esters (lactones) is 1. The van der Waals surface area contributed by atoms with E-state index < -0.39 is 11.9 Å². The first-order valence-electron chi connectivity index (χ1n) is 10.8. The molecule has 0 saturated carbocycles. The van der Waals surface area contributed by atoms with Crippen molar-refractivity contribution in [3.63, 3.8) is 0 Å². The van der Waals surface area contributed by atoms with Gasteiger partial charge in [0.2, 0.25) is 0 Å². The van der Waals surface area contributed by atoms with Crippen LogP contribution in [0.3, 0.4) is 0 Å². The van der Waals surface area contributed by atoms with Gasteiger partial charge >= 0.3 is 11.9 Å². The predicted octanol–water partition coefficient (Wildman–Crippen LogP) is 5.70. The van der Waals surface area contributed by atoms with Gasteiger partial charge in [-0.2, -0.15) is 0 Å². The van der Waals surface area contributed by atoms with Crippen molar-refractivity contribution in [1.82, 2.24) is 0 Å². The van der Waals surface area contributed by atoms with Gasteiger partial charge in [-0.05, 0) is 50.9 Å². The van der Waals surface area contributed by atoms with Crippen LogP contribution in [0.15, 0.2) is 11.6 Å². The summed E-state index contributed by atoms with van der Waals surface area (Å²) < 4.78 is 17.1. The van der Waals surface area contributed by atoms with Gasteiger partial charge in [-0.25, -0.2) is 4.79 Å². The van der Waals surface area contributed by atoms with Gasteiger partial charge in [0, 0.05) is 24.0 Å². The molecule has 1 heterocycles. The monoisotopic (exact) mass is 448 g/mol. The lowest BCUT2D eigenvalue weighted by atomic mass is 9.94. The molecule has 0 unspecified atom stereocenters. The summed E-state index contributed by atoms with van der Waals surface area (Å²) in [4.78, 5) is 23.4. The fourth-order valence-corrected chi connectivity index (χ4v) is 3.89. The Morgan fingerprint density at radius 1 is 1.19 bits per heavy atom. The van der Waals surface area contributed by atoms with E-state index in [0.29, 0.717) is 41.4 Å². The van der Waals surface area contributed by atoms with Crippen molar-refractivity contribution in [3.05, 3.63) is 33.9 Å². The van der Waals surface area contributed by atoms with E-state index in [-0.39, 0.29) is 13.0 Å².